The fourth-order valence-corrected chi connectivity index (χ4v) is 3.52. The molecule has 0 aliphatic rings. The minimum atomic E-state index is -4.74. The van der Waals surface area contributed by atoms with Crippen molar-refractivity contribution in [1.82, 2.24) is 5.32 Å². The maximum atomic E-state index is 13.3. The van der Waals surface area contributed by atoms with Crippen LogP contribution >= 0.6 is 0 Å². The van der Waals surface area contributed by atoms with E-state index >= 15 is 0 Å². The van der Waals surface area contributed by atoms with Crippen LogP contribution < -0.4 is 10.0 Å². The number of anilines is 1. The number of benzene rings is 2. The van der Waals surface area contributed by atoms with E-state index in [-0.39, 0.29) is 29.9 Å². The zero-order valence-corrected chi connectivity index (χ0v) is 18.7. The predicted octanol–water partition coefficient (Wildman–Crippen LogP) is 4.62. The Morgan fingerprint density at radius 3 is 2.06 bits per heavy atom. The minimum Gasteiger partial charge on any atom is -0.352 e. The summed E-state index contributed by atoms with van der Waals surface area (Å²) in [4.78, 5) is 12.1. The van der Waals surface area contributed by atoms with Crippen molar-refractivity contribution >= 4 is 21.6 Å². The molecule has 0 fully saturated rings. The SMILES string of the molecule is CC(C)(C)c1ccc(CCC(=O)NCc2ccc(NS(C)(=O)=O)c(C(F)(F)F)c2)cc1. The van der Waals surface area contributed by atoms with E-state index in [1.54, 1.807) is 0 Å². The van der Waals surface area contributed by atoms with Gasteiger partial charge in [0.2, 0.25) is 15.9 Å². The molecule has 31 heavy (non-hydrogen) atoms. The number of carbonyl (C=O) groups is 1. The lowest BCUT2D eigenvalue weighted by Crippen LogP contribution is -2.23. The van der Waals surface area contributed by atoms with Crippen LogP contribution in [0.1, 0.15) is 49.4 Å². The highest BCUT2D eigenvalue weighted by Gasteiger charge is 2.34. The first-order valence-electron chi connectivity index (χ1n) is 9.69. The van der Waals surface area contributed by atoms with Gasteiger partial charge < -0.3 is 5.32 Å². The second kappa shape index (κ2) is 9.30. The number of rotatable bonds is 7. The van der Waals surface area contributed by atoms with Gasteiger partial charge in [-0.25, -0.2) is 8.42 Å². The highest BCUT2D eigenvalue weighted by Crippen LogP contribution is 2.36. The van der Waals surface area contributed by atoms with E-state index in [0.717, 1.165) is 24.0 Å². The Kier molecular flexibility index (Phi) is 7.41. The van der Waals surface area contributed by atoms with Crippen LogP contribution in [0.3, 0.4) is 0 Å². The second-order valence-corrected chi connectivity index (χ2v) is 10.2. The number of carbonyl (C=O) groups excluding carboxylic acids is 1. The Bertz CT molecular complexity index is 1030. The molecule has 9 heteroatoms. The summed E-state index contributed by atoms with van der Waals surface area (Å²) < 4.78 is 64.3. The highest BCUT2D eigenvalue weighted by atomic mass is 32.2. The van der Waals surface area contributed by atoms with Crippen molar-refractivity contribution in [1.29, 1.82) is 0 Å². The first kappa shape index (κ1) is 24.7. The largest absolute Gasteiger partial charge is 0.418 e. The molecule has 0 radical (unpaired) electrons. The summed E-state index contributed by atoms with van der Waals surface area (Å²) >= 11 is 0. The molecular formula is C22H27F3N2O3S. The Labute approximate surface area is 181 Å². The van der Waals surface area contributed by atoms with E-state index < -0.39 is 27.5 Å². The molecule has 2 N–H and O–H groups in total. The zero-order valence-electron chi connectivity index (χ0n) is 17.9. The van der Waals surface area contributed by atoms with Crippen molar-refractivity contribution in [3.8, 4) is 0 Å². The van der Waals surface area contributed by atoms with E-state index in [1.165, 1.54) is 11.6 Å². The van der Waals surface area contributed by atoms with Crippen molar-refractivity contribution in [2.75, 3.05) is 11.0 Å². The maximum Gasteiger partial charge on any atom is 0.418 e. The third-order valence-corrected chi connectivity index (χ3v) is 5.23. The number of amides is 1. The van der Waals surface area contributed by atoms with Gasteiger partial charge in [0, 0.05) is 13.0 Å². The summed E-state index contributed by atoms with van der Waals surface area (Å²) in [6, 6.07) is 11.2. The lowest BCUT2D eigenvalue weighted by molar-refractivity contribution is -0.137. The number of alkyl halides is 3. The van der Waals surface area contributed by atoms with Gasteiger partial charge in [0.1, 0.15) is 0 Å². The van der Waals surface area contributed by atoms with Crippen LogP contribution in [0.2, 0.25) is 0 Å². The van der Waals surface area contributed by atoms with Gasteiger partial charge in [-0.05, 0) is 40.7 Å². The van der Waals surface area contributed by atoms with E-state index in [9.17, 15) is 26.4 Å². The Hall–Kier alpha value is -2.55. The van der Waals surface area contributed by atoms with Gasteiger partial charge in [0.25, 0.3) is 0 Å². The minimum absolute atomic E-state index is 0.0392. The van der Waals surface area contributed by atoms with Crippen LogP contribution in [-0.2, 0) is 39.4 Å². The average molecular weight is 457 g/mol. The van der Waals surface area contributed by atoms with Crippen molar-refractivity contribution in [2.45, 2.75) is 51.7 Å². The molecule has 2 aromatic rings. The molecule has 0 aliphatic carbocycles. The zero-order chi connectivity index (χ0) is 23.4. The Balaban J connectivity index is 1.98. The standard InChI is InChI=1S/C22H27F3N2O3S/c1-21(2,3)17-9-5-15(6-10-17)8-12-20(28)26-14-16-7-11-19(27-31(4,29)30)18(13-16)22(23,24)25/h5-7,9-11,13,27H,8,12,14H2,1-4H3,(H,26,28). The van der Waals surface area contributed by atoms with Crippen molar-refractivity contribution < 1.29 is 26.4 Å². The molecule has 0 atom stereocenters. The van der Waals surface area contributed by atoms with E-state index in [2.05, 4.69) is 26.1 Å². The summed E-state index contributed by atoms with van der Waals surface area (Å²) in [7, 11) is -3.86. The molecule has 0 heterocycles. The maximum absolute atomic E-state index is 13.3. The quantitative estimate of drug-likeness (QED) is 0.638. The van der Waals surface area contributed by atoms with Crippen molar-refractivity contribution in [3.63, 3.8) is 0 Å². The number of hydrogen-bond acceptors (Lipinski definition) is 3. The molecule has 0 unspecified atom stereocenters. The van der Waals surface area contributed by atoms with Crippen LogP contribution in [0.25, 0.3) is 0 Å². The molecule has 0 bridgehead atoms. The van der Waals surface area contributed by atoms with Crippen LogP contribution in [0.5, 0.6) is 0 Å². The van der Waals surface area contributed by atoms with Gasteiger partial charge in [-0.15, -0.1) is 0 Å². The predicted molar refractivity (Wildman–Crippen MR) is 115 cm³/mol. The lowest BCUT2D eigenvalue weighted by Gasteiger charge is -2.19. The van der Waals surface area contributed by atoms with Crippen molar-refractivity contribution in [3.05, 3.63) is 64.7 Å². The van der Waals surface area contributed by atoms with Gasteiger partial charge in [-0.1, -0.05) is 51.1 Å². The summed E-state index contributed by atoms with van der Waals surface area (Å²) in [5.41, 5.74) is 0.785. The molecule has 170 valence electrons. The van der Waals surface area contributed by atoms with Gasteiger partial charge in [0.05, 0.1) is 17.5 Å². The van der Waals surface area contributed by atoms with Crippen LogP contribution in [0.4, 0.5) is 18.9 Å². The molecule has 1 amide bonds. The Morgan fingerprint density at radius 2 is 1.55 bits per heavy atom. The number of halogens is 3. The average Bonchev–Trinajstić information content (AvgIpc) is 2.63. The molecule has 0 spiro atoms. The number of sulfonamides is 1. The van der Waals surface area contributed by atoms with Gasteiger partial charge in [0.15, 0.2) is 0 Å². The van der Waals surface area contributed by atoms with E-state index in [4.69, 9.17) is 0 Å². The molecule has 0 aromatic heterocycles. The molecule has 2 rings (SSSR count). The fourth-order valence-electron chi connectivity index (χ4n) is 2.94. The van der Waals surface area contributed by atoms with Crippen LogP contribution in [0, 0.1) is 0 Å². The fraction of sp³-hybridized carbons (Fsp3) is 0.409. The number of aryl methyl sites for hydroxylation is 1. The lowest BCUT2D eigenvalue weighted by atomic mass is 9.86. The molecule has 5 nitrogen and oxygen atoms in total. The molecule has 0 saturated carbocycles. The van der Waals surface area contributed by atoms with Crippen LogP contribution in [0.15, 0.2) is 42.5 Å². The summed E-state index contributed by atoms with van der Waals surface area (Å²) in [5, 5.41) is 2.61. The first-order chi connectivity index (χ1) is 14.1. The summed E-state index contributed by atoms with van der Waals surface area (Å²) in [5.74, 6) is -0.285. The number of nitrogens with one attached hydrogen (secondary N) is 2. The van der Waals surface area contributed by atoms with Crippen molar-refractivity contribution in [2.24, 2.45) is 0 Å². The van der Waals surface area contributed by atoms with Gasteiger partial charge in [-0.3, -0.25) is 9.52 Å². The summed E-state index contributed by atoms with van der Waals surface area (Å²) in [6.45, 7) is 6.25. The smallest absolute Gasteiger partial charge is 0.352 e. The summed E-state index contributed by atoms with van der Waals surface area (Å²) in [6.07, 6.45) is -3.25. The van der Waals surface area contributed by atoms with Gasteiger partial charge >= 0.3 is 6.18 Å². The molecule has 2 aromatic carbocycles. The third kappa shape index (κ3) is 7.90. The molecular weight excluding hydrogens is 429 g/mol. The molecule has 0 saturated heterocycles. The normalized spacial score (nSPS) is 12.5. The monoisotopic (exact) mass is 456 g/mol. The number of hydrogen-bond donors (Lipinski definition) is 2. The topological polar surface area (TPSA) is 75.3 Å². The molecule has 0 aliphatic heterocycles. The Morgan fingerprint density at radius 1 is 0.968 bits per heavy atom. The van der Waals surface area contributed by atoms with E-state index in [1.807, 2.05) is 29.0 Å². The first-order valence-corrected chi connectivity index (χ1v) is 11.6. The second-order valence-electron chi connectivity index (χ2n) is 8.48. The third-order valence-electron chi connectivity index (χ3n) is 4.64. The van der Waals surface area contributed by atoms with Gasteiger partial charge in [-0.2, -0.15) is 13.2 Å². The van der Waals surface area contributed by atoms with Crippen LogP contribution in [-0.4, -0.2) is 20.6 Å². The van der Waals surface area contributed by atoms with E-state index in [0.29, 0.717) is 6.42 Å². The highest BCUT2D eigenvalue weighted by molar-refractivity contribution is 7.92.